The van der Waals surface area contributed by atoms with Gasteiger partial charge in [-0.1, -0.05) is 136 Å². The SMILES string of the molecule is CCCCCCCCCCCCCOC(CC)N1C(=O)CC(C(=O)O)C1Oc1ccc(CCCCCCCCC)cc1. The molecule has 240 valence electrons. The van der Waals surface area contributed by atoms with Crippen molar-refractivity contribution >= 4 is 11.9 Å². The van der Waals surface area contributed by atoms with Crippen molar-refractivity contribution in [1.29, 1.82) is 0 Å². The first-order chi connectivity index (χ1) is 20.5. The fraction of sp³-hybridized carbons (Fsp3) is 0.778. The van der Waals surface area contributed by atoms with E-state index in [1.54, 1.807) is 4.90 Å². The molecule has 1 fully saturated rings. The summed E-state index contributed by atoms with van der Waals surface area (Å²) >= 11 is 0. The highest BCUT2D eigenvalue weighted by Crippen LogP contribution is 2.32. The number of unbranched alkanes of at least 4 members (excludes halogenated alkanes) is 16. The Kier molecular flexibility index (Phi) is 19.3. The predicted octanol–water partition coefficient (Wildman–Crippen LogP) is 9.68. The van der Waals surface area contributed by atoms with Crippen molar-refractivity contribution in [3.63, 3.8) is 0 Å². The maximum absolute atomic E-state index is 13.0. The van der Waals surface area contributed by atoms with Crippen molar-refractivity contribution in [3.05, 3.63) is 29.8 Å². The molecule has 6 heteroatoms. The largest absolute Gasteiger partial charge is 0.481 e. The number of likely N-dealkylation sites (tertiary alicyclic amines) is 1. The van der Waals surface area contributed by atoms with Gasteiger partial charge in [0.1, 0.15) is 17.9 Å². The average molecular weight is 588 g/mol. The standard InChI is InChI=1S/C36H61NO5/c1-4-7-9-11-13-14-15-16-18-20-22-28-41-34(6-3)37-33(38)29-32(36(39)40)35(37)42-31-26-24-30(25-27-31)23-21-19-17-12-10-8-5-2/h24-27,32,34-35H,4-23,28-29H2,1-3H3,(H,39,40). The molecule has 42 heavy (non-hydrogen) atoms. The summed E-state index contributed by atoms with van der Waals surface area (Å²) < 4.78 is 12.4. The van der Waals surface area contributed by atoms with Crippen LogP contribution in [0.5, 0.6) is 5.75 Å². The number of amides is 1. The molecule has 3 atom stereocenters. The number of benzene rings is 1. The number of carbonyl (C=O) groups is 2. The molecular formula is C36H61NO5. The Balaban J connectivity index is 1.79. The molecular weight excluding hydrogens is 526 g/mol. The minimum atomic E-state index is -1.01. The van der Waals surface area contributed by atoms with Crippen molar-refractivity contribution in [2.24, 2.45) is 5.92 Å². The van der Waals surface area contributed by atoms with Crippen molar-refractivity contribution in [3.8, 4) is 5.75 Å². The van der Waals surface area contributed by atoms with Crippen LogP contribution in [0.25, 0.3) is 0 Å². The molecule has 0 saturated carbocycles. The second-order valence-electron chi connectivity index (χ2n) is 12.2. The Labute approximate surface area is 256 Å². The van der Waals surface area contributed by atoms with E-state index in [-0.39, 0.29) is 12.3 Å². The number of carboxylic acids is 1. The first kappa shape index (κ1) is 36.1. The third kappa shape index (κ3) is 13.9. The van der Waals surface area contributed by atoms with Crippen LogP contribution in [0.1, 0.15) is 155 Å². The zero-order valence-corrected chi connectivity index (χ0v) is 27.1. The highest BCUT2D eigenvalue weighted by atomic mass is 16.5. The lowest BCUT2D eigenvalue weighted by Crippen LogP contribution is -2.48. The minimum absolute atomic E-state index is 0.0609. The van der Waals surface area contributed by atoms with Crippen LogP contribution in [0, 0.1) is 5.92 Å². The number of aliphatic carboxylic acids is 1. The molecule has 1 saturated heterocycles. The molecule has 0 aliphatic carbocycles. The zero-order valence-electron chi connectivity index (χ0n) is 27.1. The van der Waals surface area contributed by atoms with Crippen LogP contribution >= 0.6 is 0 Å². The summed E-state index contributed by atoms with van der Waals surface area (Å²) in [4.78, 5) is 26.6. The van der Waals surface area contributed by atoms with Gasteiger partial charge in [-0.25, -0.2) is 0 Å². The minimum Gasteiger partial charge on any atom is -0.481 e. The maximum Gasteiger partial charge on any atom is 0.312 e. The number of nitrogens with zero attached hydrogens (tertiary/aromatic N) is 1. The van der Waals surface area contributed by atoms with Gasteiger partial charge in [0.2, 0.25) is 5.91 Å². The van der Waals surface area contributed by atoms with Gasteiger partial charge in [0.25, 0.3) is 0 Å². The normalized spacial score (nSPS) is 17.6. The fourth-order valence-electron chi connectivity index (χ4n) is 5.94. The molecule has 1 N–H and O–H groups in total. The van der Waals surface area contributed by atoms with E-state index in [0.29, 0.717) is 18.8 Å². The molecule has 3 unspecified atom stereocenters. The van der Waals surface area contributed by atoms with E-state index in [4.69, 9.17) is 9.47 Å². The zero-order chi connectivity index (χ0) is 30.4. The Morgan fingerprint density at radius 1 is 0.786 bits per heavy atom. The second kappa shape index (κ2) is 22.5. The monoisotopic (exact) mass is 587 g/mol. The number of carboxylic acid groups (broad SMARTS) is 1. The molecule has 1 heterocycles. The smallest absolute Gasteiger partial charge is 0.312 e. The van der Waals surface area contributed by atoms with Crippen molar-refractivity contribution in [2.45, 2.75) is 168 Å². The van der Waals surface area contributed by atoms with Crippen LogP contribution in [0.2, 0.25) is 0 Å². The van der Waals surface area contributed by atoms with Crippen molar-refractivity contribution in [1.82, 2.24) is 4.90 Å². The van der Waals surface area contributed by atoms with E-state index in [9.17, 15) is 14.7 Å². The first-order valence-corrected chi connectivity index (χ1v) is 17.4. The Morgan fingerprint density at radius 3 is 1.79 bits per heavy atom. The summed E-state index contributed by atoms with van der Waals surface area (Å²) in [5.74, 6) is -1.54. The van der Waals surface area contributed by atoms with Crippen LogP contribution in [-0.4, -0.2) is 40.9 Å². The van der Waals surface area contributed by atoms with E-state index in [0.717, 1.165) is 19.3 Å². The summed E-state index contributed by atoms with van der Waals surface area (Å²) in [6.07, 6.45) is 23.1. The van der Waals surface area contributed by atoms with Gasteiger partial charge in [0.15, 0.2) is 6.23 Å². The van der Waals surface area contributed by atoms with Gasteiger partial charge >= 0.3 is 5.97 Å². The molecule has 2 rings (SSSR count). The molecule has 6 nitrogen and oxygen atoms in total. The van der Waals surface area contributed by atoms with Crippen molar-refractivity contribution < 1.29 is 24.2 Å². The van der Waals surface area contributed by atoms with E-state index >= 15 is 0 Å². The molecule has 1 aliphatic heterocycles. The first-order valence-electron chi connectivity index (χ1n) is 17.4. The second-order valence-corrected chi connectivity index (χ2v) is 12.2. The Bertz CT molecular complexity index is 842. The highest BCUT2D eigenvalue weighted by Gasteiger charge is 2.48. The molecule has 0 bridgehead atoms. The summed E-state index contributed by atoms with van der Waals surface area (Å²) in [6, 6.07) is 7.93. The Morgan fingerprint density at radius 2 is 1.29 bits per heavy atom. The number of hydrogen-bond donors (Lipinski definition) is 1. The predicted molar refractivity (Wildman–Crippen MR) is 172 cm³/mol. The molecule has 0 radical (unpaired) electrons. The molecule has 0 aromatic heterocycles. The number of rotatable bonds is 26. The number of hydrogen-bond acceptors (Lipinski definition) is 4. The number of ether oxygens (including phenoxy) is 2. The van der Waals surface area contributed by atoms with E-state index in [2.05, 4.69) is 26.0 Å². The van der Waals surface area contributed by atoms with Crippen LogP contribution in [0.15, 0.2) is 24.3 Å². The lowest BCUT2D eigenvalue weighted by atomic mass is 10.0. The molecule has 1 aromatic carbocycles. The van der Waals surface area contributed by atoms with Gasteiger partial charge < -0.3 is 14.6 Å². The van der Waals surface area contributed by atoms with Gasteiger partial charge in [-0.05, 0) is 43.4 Å². The van der Waals surface area contributed by atoms with E-state index < -0.39 is 24.3 Å². The lowest BCUT2D eigenvalue weighted by Gasteiger charge is -2.33. The number of aryl methyl sites for hydroxylation is 1. The van der Waals surface area contributed by atoms with Crippen LogP contribution < -0.4 is 4.74 Å². The van der Waals surface area contributed by atoms with Gasteiger partial charge in [-0.3, -0.25) is 14.5 Å². The summed E-state index contributed by atoms with van der Waals surface area (Å²) in [6.45, 7) is 7.04. The topological polar surface area (TPSA) is 76.1 Å². The third-order valence-corrected chi connectivity index (χ3v) is 8.58. The lowest BCUT2D eigenvalue weighted by molar-refractivity contribution is -0.161. The van der Waals surface area contributed by atoms with E-state index in [1.807, 2.05) is 19.1 Å². The average Bonchev–Trinajstić information content (AvgIpc) is 3.31. The quantitative estimate of drug-likeness (QED) is 0.109. The Hall–Kier alpha value is -2.08. The third-order valence-electron chi connectivity index (χ3n) is 8.58. The molecule has 0 spiro atoms. The van der Waals surface area contributed by atoms with Gasteiger partial charge in [-0.2, -0.15) is 0 Å². The van der Waals surface area contributed by atoms with E-state index in [1.165, 1.54) is 108 Å². The molecule has 1 aliphatic rings. The van der Waals surface area contributed by atoms with Crippen LogP contribution in [-0.2, 0) is 20.7 Å². The van der Waals surface area contributed by atoms with Gasteiger partial charge in [-0.15, -0.1) is 0 Å². The van der Waals surface area contributed by atoms with Gasteiger partial charge in [0.05, 0.1) is 0 Å². The van der Waals surface area contributed by atoms with Crippen molar-refractivity contribution in [2.75, 3.05) is 6.61 Å². The summed E-state index contributed by atoms with van der Waals surface area (Å²) in [7, 11) is 0. The van der Waals surface area contributed by atoms with Crippen LogP contribution in [0.4, 0.5) is 0 Å². The van der Waals surface area contributed by atoms with Gasteiger partial charge in [0, 0.05) is 13.0 Å². The highest BCUT2D eigenvalue weighted by molar-refractivity contribution is 5.86. The molecule has 1 aromatic rings. The maximum atomic E-state index is 13.0. The number of carbonyl (C=O) groups excluding carboxylic acids is 1. The van der Waals surface area contributed by atoms with Crippen LogP contribution in [0.3, 0.4) is 0 Å². The summed E-state index contributed by atoms with van der Waals surface area (Å²) in [5, 5.41) is 9.87. The molecule has 1 amide bonds. The summed E-state index contributed by atoms with van der Waals surface area (Å²) in [5.41, 5.74) is 1.26. The fourth-order valence-corrected chi connectivity index (χ4v) is 5.94.